The number of likely N-dealkylation sites (N-methyl/N-ethyl adjacent to an activating group) is 1. The summed E-state index contributed by atoms with van der Waals surface area (Å²) in [5.41, 5.74) is 2.40. The molecule has 3 unspecified atom stereocenters. The Bertz CT molecular complexity index is 2140. The molecule has 17 nitrogen and oxygen atoms in total. The molecule has 0 radical (unpaired) electrons. The summed E-state index contributed by atoms with van der Waals surface area (Å²) in [6.45, 7) is 15.0. The third kappa shape index (κ3) is 10.6. The Morgan fingerprint density at radius 2 is 1.70 bits per heavy atom. The molecule has 2 aromatic heterocycles. The molecule has 1 fully saturated rings. The van der Waals surface area contributed by atoms with Gasteiger partial charge in [0.1, 0.15) is 29.5 Å². The lowest BCUT2D eigenvalue weighted by atomic mass is 9.96. The molecule has 1 aromatic carbocycles. The quantitative estimate of drug-likeness (QED) is 0.169. The highest BCUT2D eigenvalue weighted by Gasteiger charge is 2.42. The first-order chi connectivity index (χ1) is 28.7. The number of fused-ring (bicyclic) bond motifs is 1. The standard InChI is InChI=1S/C44H61N11O6/c1-12-26(4)35(40(59)54-19-13-14-33(54)38(57)51-44(7,8)41(60)48-32(20-25(2)3)39(58)52(9)10)49-37(56)29-17-15-27(5)34(21-29)55-24-30-22-46-42(50-36(30)53(11)43(55)61)47-31-18-16-28(6)45-23-31/h15-18,21-23,25-26,32-33,35H,12-14,19-20,24H2,1-11H3,(H,48,60)(H,49,56)(H,51,57)(H,46,47,50)/t26?,32?,33-,35?/m0/s1. The lowest BCUT2D eigenvalue weighted by Crippen LogP contribution is -2.62. The number of pyridine rings is 1. The largest absolute Gasteiger partial charge is 0.347 e. The van der Waals surface area contributed by atoms with E-state index in [-0.39, 0.29) is 35.9 Å². The van der Waals surface area contributed by atoms with Crippen LogP contribution in [0.1, 0.15) is 94.4 Å². The predicted octanol–water partition coefficient (Wildman–Crippen LogP) is 4.46. The van der Waals surface area contributed by atoms with Gasteiger partial charge in [-0.3, -0.25) is 38.8 Å². The van der Waals surface area contributed by atoms with E-state index < -0.39 is 47.3 Å². The van der Waals surface area contributed by atoms with Gasteiger partial charge in [0.15, 0.2) is 0 Å². The molecule has 1 saturated heterocycles. The highest BCUT2D eigenvalue weighted by molar-refractivity contribution is 6.07. The van der Waals surface area contributed by atoms with E-state index in [4.69, 9.17) is 0 Å². The van der Waals surface area contributed by atoms with Crippen LogP contribution in [0.25, 0.3) is 0 Å². The highest BCUT2D eigenvalue weighted by Crippen LogP contribution is 2.33. The molecule has 328 valence electrons. The number of anilines is 4. The van der Waals surface area contributed by atoms with Crippen molar-refractivity contribution in [2.24, 2.45) is 11.8 Å². The van der Waals surface area contributed by atoms with E-state index >= 15 is 0 Å². The molecular weight excluding hydrogens is 779 g/mol. The number of nitrogens with zero attached hydrogens (tertiary/aromatic N) is 7. The number of aryl methyl sites for hydroxylation is 2. The van der Waals surface area contributed by atoms with Crippen molar-refractivity contribution in [3.05, 3.63) is 65.1 Å². The van der Waals surface area contributed by atoms with E-state index in [2.05, 4.69) is 36.2 Å². The van der Waals surface area contributed by atoms with E-state index in [1.165, 1.54) is 14.7 Å². The van der Waals surface area contributed by atoms with Gasteiger partial charge in [-0.05, 0) is 88.6 Å². The number of likely N-dealkylation sites (tertiary alicyclic amines) is 1. The first-order valence-electron chi connectivity index (χ1n) is 20.9. The average Bonchev–Trinajstić information content (AvgIpc) is 3.72. The molecule has 7 amide bonds. The van der Waals surface area contributed by atoms with Crippen LogP contribution in [0.5, 0.6) is 0 Å². The van der Waals surface area contributed by atoms with Gasteiger partial charge in [-0.25, -0.2) is 9.78 Å². The first-order valence-corrected chi connectivity index (χ1v) is 20.9. The van der Waals surface area contributed by atoms with Crippen molar-refractivity contribution in [2.75, 3.05) is 42.8 Å². The van der Waals surface area contributed by atoms with Gasteiger partial charge in [-0.2, -0.15) is 4.98 Å². The number of carbonyl (C=O) groups is 6. The maximum atomic E-state index is 14.4. The Hall–Kier alpha value is -6.13. The summed E-state index contributed by atoms with van der Waals surface area (Å²) in [6, 6.07) is 5.83. The Balaban J connectivity index is 1.30. The fourth-order valence-electron chi connectivity index (χ4n) is 7.45. The van der Waals surface area contributed by atoms with Gasteiger partial charge in [0.25, 0.3) is 5.91 Å². The Labute approximate surface area is 358 Å². The van der Waals surface area contributed by atoms with Crippen LogP contribution in [-0.4, -0.2) is 112 Å². The van der Waals surface area contributed by atoms with E-state index in [9.17, 15) is 28.8 Å². The summed E-state index contributed by atoms with van der Waals surface area (Å²) in [6.07, 6.45) is 5.26. The zero-order valence-corrected chi connectivity index (χ0v) is 37.3. The molecule has 2 aliphatic heterocycles. The zero-order chi connectivity index (χ0) is 44.9. The summed E-state index contributed by atoms with van der Waals surface area (Å²) in [5.74, 6) is -1.57. The lowest BCUT2D eigenvalue weighted by molar-refractivity contribution is -0.143. The van der Waals surface area contributed by atoms with E-state index in [0.717, 1.165) is 11.3 Å². The molecule has 61 heavy (non-hydrogen) atoms. The second-order valence-electron chi connectivity index (χ2n) is 17.3. The number of nitrogens with one attached hydrogen (secondary N) is 4. The normalized spacial score (nSPS) is 16.7. The van der Waals surface area contributed by atoms with Gasteiger partial charge in [0, 0.05) is 56.4 Å². The van der Waals surface area contributed by atoms with E-state index in [1.54, 1.807) is 70.5 Å². The van der Waals surface area contributed by atoms with Crippen molar-refractivity contribution in [1.29, 1.82) is 0 Å². The Kier molecular flexibility index (Phi) is 14.4. The number of hydrogen-bond donors (Lipinski definition) is 4. The van der Waals surface area contributed by atoms with Crippen molar-refractivity contribution >= 4 is 58.7 Å². The fourth-order valence-corrected chi connectivity index (χ4v) is 7.45. The summed E-state index contributed by atoms with van der Waals surface area (Å²) in [7, 11) is 4.88. The molecule has 0 spiro atoms. The molecular formula is C44H61N11O6. The maximum Gasteiger partial charge on any atom is 0.330 e. The third-order valence-electron chi connectivity index (χ3n) is 11.3. The van der Waals surface area contributed by atoms with Crippen LogP contribution in [0, 0.1) is 25.7 Å². The minimum absolute atomic E-state index is 0.132. The number of amides is 7. The van der Waals surface area contributed by atoms with Gasteiger partial charge in [-0.15, -0.1) is 0 Å². The minimum Gasteiger partial charge on any atom is -0.347 e. The van der Waals surface area contributed by atoms with E-state index in [1.807, 2.05) is 53.7 Å². The monoisotopic (exact) mass is 839 g/mol. The average molecular weight is 840 g/mol. The van der Waals surface area contributed by atoms with Crippen LogP contribution >= 0.6 is 0 Å². The van der Waals surface area contributed by atoms with Crippen molar-refractivity contribution in [3.63, 3.8) is 0 Å². The number of rotatable bonds is 15. The second kappa shape index (κ2) is 19.1. The molecule has 4 atom stereocenters. The van der Waals surface area contributed by atoms with Crippen LogP contribution in [0.2, 0.25) is 0 Å². The summed E-state index contributed by atoms with van der Waals surface area (Å²) in [4.78, 5) is 102. The van der Waals surface area contributed by atoms with Crippen molar-refractivity contribution in [1.82, 2.24) is 40.7 Å². The number of hydrogen-bond acceptors (Lipinski definition) is 10. The SMILES string of the molecule is CCC(C)C(NC(=O)c1ccc(C)c(N2Cc3cnc(Nc4ccc(C)nc4)nc3N(C)C2=O)c1)C(=O)N1CCC[C@H]1C(=O)NC(C)(C)C(=O)NC(CC(C)C)C(=O)N(C)C. The number of aromatic nitrogens is 3. The topological polar surface area (TPSA) is 202 Å². The molecule has 0 saturated carbocycles. The van der Waals surface area contributed by atoms with Crippen LogP contribution in [0.3, 0.4) is 0 Å². The first kappa shape index (κ1) is 45.9. The fraction of sp³-hybridized carbons (Fsp3) is 0.523. The summed E-state index contributed by atoms with van der Waals surface area (Å²) in [5, 5.41) is 11.7. The molecule has 4 N–H and O–H groups in total. The van der Waals surface area contributed by atoms with Gasteiger partial charge in [-0.1, -0.05) is 40.2 Å². The van der Waals surface area contributed by atoms with Crippen LogP contribution in [0.15, 0.2) is 42.7 Å². The van der Waals surface area contributed by atoms with E-state index in [0.29, 0.717) is 60.9 Å². The Morgan fingerprint density at radius 1 is 0.984 bits per heavy atom. The highest BCUT2D eigenvalue weighted by atomic mass is 16.2. The number of benzene rings is 1. The van der Waals surface area contributed by atoms with Crippen LogP contribution < -0.4 is 31.1 Å². The van der Waals surface area contributed by atoms with Crippen molar-refractivity contribution < 1.29 is 28.8 Å². The zero-order valence-electron chi connectivity index (χ0n) is 37.3. The lowest BCUT2D eigenvalue weighted by Gasteiger charge is -2.35. The van der Waals surface area contributed by atoms with Gasteiger partial charge < -0.3 is 31.1 Å². The van der Waals surface area contributed by atoms with Crippen LogP contribution in [-0.2, 0) is 25.7 Å². The second-order valence-corrected chi connectivity index (χ2v) is 17.3. The van der Waals surface area contributed by atoms with Crippen molar-refractivity contribution in [2.45, 2.75) is 111 Å². The predicted molar refractivity (Wildman–Crippen MR) is 233 cm³/mol. The number of carbonyl (C=O) groups excluding carboxylic acids is 6. The maximum absolute atomic E-state index is 14.4. The third-order valence-corrected chi connectivity index (χ3v) is 11.3. The van der Waals surface area contributed by atoms with Gasteiger partial charge >= 0.3 is 6.03 Å². The Morgan fingerprint density at radius 3 is 2.34 bits per heavy atom. The molecule has 2 aliphatic rings. The molecule has 0 aliphatic carbocycles. The van der Waals surface area contributed by atoms with Gasteiger partial charge in [0.2, 0.25) is 29.6 Å². The molecule has 3 aromatic rings. The molecule has 4 heterocycles. The van der Waals surface area contributed by atoms with Crippen molar-refractivity contribution in [3.8, 4) is 0 Å². The molecule has 0 bridgehead atoms. The molecule has 17 heteroatoms. The minimum atomic E-state index is -1.40. The van der Waals surface area contributed by atoms with Gasteiger partial charge in [0.05, 0.1) is 18.4 Å². The smallest absolute Gasteiger partial charge is 0.330 e. The summed E-state index contributed by atoms with van der Waals surface area (Å²) >= 11 is 0. The molecule has 5 rings (SSSR count). The summed E-state index contributed by atoms with van der Waals surface area (Å²) < 4.78 is 0. The number of urea groups is 1. The van der Waals surface area contributed by atoms with Crippen LogP contribution in [0.4, 0.5) is 27.9 Å².